The summed E-state index contributed by atoms with van der Waals surface area (Å²) >= 11 is 0. The van der Waals surface area contributed by atoms with Crippen molar-refractivity contribution in [2.45, 2.75) is 20.8 Å². The maximum absolute atomic E-state index is 11.5. The minimum Gasteiger partial charge on any atom is -0.484 e. The van der Waals surface area contributed by atoms with E-state index >= 15 is 0 Å². The summed E-state index contributed by atoms with van der Waals surface area (Å²) in [5, 5.41) is 5.08. The number of nitrogens with one attached hydrogen (secondary N) is 2. The molecule has 19 heavy (non-hydrogen) atoms. The maximum Gasteiger partial charge on any atom is 0.258 e. The predicted molar refractivity (Wildman–Crippen MR) is 73.1 cm³/mol. The van der Waals surface area contributed by atoms with Gasteiger partial charge in [-0.05, 0) is 44.0 Å². The third-order valence-electron chi connectivity index (χ3n) is 2.67. The first-order chi connectivity index (χ1) is 9.02. The average molecular weight is 264 g/mol. The fourth-order valence-corrected chi connectivity index (χ4v) is 1.44. The normalized spacial score (nSPS) is 9.84. The molecule has 1 rings (SSSR count). The van der Waals surface area contributed by atoms with Gasteiger partial charge in [-0.3, -0.25) is 9.59 Å². The number of carbonyl (C=O) groups excluding carboxylic acids is 2. The number of rotatable bonds is 6. The summed E-state index contributed by atoms with van der Waals surface area (Å²) in [5.74, 6) is 0.128. The van der Waals surface area contributed by atoms with E-state index in [9.17, 15) is 9.59 Å². The standard InChI is InChI=1S/C14H20N2O3/c1-4-15-13(17)8-16-14(18)9-19-12-6-5-10(2)11(3)7-12/h5-7H,4,8-9H2,1-3H3,(H,15,17)(H,16,18). The first-order valence-electron chi connectivity index (χ1n) is 6.26. The monoisotopic (exact) mass is 264 g/mol. The zero-order valence-electron chi connectivity index (χ0n) is 11.6. The van der Waals surface area contributed by atoms with Gasteiger partial charge < -0.3 is 15.4 Å². The Hall–Kier alpha value is -2.04. The molecule has 0 unspecified atom stereocenters. The lowest BCUT2D eigenvalue weighted by Gasteiger charge is -2.09. The zero-order chi connectivity index (χ0) is 14.3. The summed E-state index contributed by atoms with van der Waals surface area (Å²) < 4.78 is 5.35. The van der Waals surface area contributed by atoms with Crippen molar-refractivity contribution >= 4 is 11.8 Å². The van der Waals surface area contributed by atoms with Crippen LogP contribution in [0.5, 0.6) is 5.75 Å². The van der Waals surface area contributed by atoms with Crippen LogP contribution in [-0.4, -0.2) is 31.5 Å². The summed E-state index contributed by atoms with van der Waals surface area (Å²) in [4.78, 5) is 22.6. The van der Waals surface area contributed by atoms with Crippen molar-refractivity contribution in [3.05, 3.63) is 29.3 Å². The van der Waals surface area contributed by atoms with E-state index in [0.717, 1.165) is 5.56 Å². The lowest BCUT2D eigenvalue weighted by molar-refractivity contribution is -0.127. The van der Waals surface area contributed by atoms with Crippen LogP contribution in [0.1, 0.15) is 18.1 Å². The molecule has 104 valence electrons. The number of amides is 2. The lowest BCUT2D eigenvalue weighted by Crippen LogP contribution is -2.38. The summed E-state index contributed by atoms with van der Waals surface area (Å²) in [6.45, 7) is 6.25. The van der Waals surface area contributed by atoms with Crippen LogP contribution in [0.4, 0.5) is 0 Å². The van der Waals surface area contributed by atoms with Gasteiger partial charge in [0.05, 0.1) is 6.54 Å². The van der Waals surface area contributed by atoms with Crippen LogP contribution < -0.4 is 15.4 Å². The minimum absolute atomic E-state index is 0.0248. The van der Waals surface area contributed by atoms with Gasteiger partial charge in [0.2, 0.25) is 5.91 Å². The average Bonchev–Trinajstić information content (AvgIpc) is 2.38. The highest BCUT2D eigenvalue weighted by Crippen LogP contribution is 2.16. The van der Waals surface area contributed by atoms with Gasteiger partial charge in [0, 0.05) is 6.54 Å². The predicted octanol–water partition coefficient (Wildman–Crippen LogP) is 0.935. The Labute approximate surface area is 113 Å². The van der Waals surface area contributed by atoms with Crippen LogP contribution in [0.25, 0.3) is 0 Å². The van der Waals surface area contributed by atoms with Gasteiger partial charge in [0.15, 0.2) is 6.61 Å². The highest BCUT2D eigenvalue weighted by Gasteiger charge is 2.05. The number of benzene rings is 1. The number of carbonyl (C=O) groups is 2. The van der Waals surface area contributed by atoms with Crippen molar-refractivity contribution in [2.24, 2.45) is 0 Å². The van der Waals surface area contributed by atoms with Crippen LogP contribution in [0.15, 0.2) is 18.2 Å². The van der Waals surface area contributed by atoms with Crippen molar-refractivity contribution < 1.29 is 14.3 Å². The van der Waals surface area contributed by atoms with Crippen molar-refractivity contribution in [2.75, 3.05) is 19.7 Å². The van der Waals surface area contributed by atoms with E-state index in [0.29, 0.717) is 12.3 Å². The third kappa shape index (κ3) is 5.42. The smallest absolute Gasteiger partial charge is 0.258 e. The SMILES string of the molecule is CCNC(=O)CNC(=O)COc1ccc(C)c(C)c1. The molecular formula is C14H20N2O3. The van der Waals surface area contributed by atoms with Crippen LogP contribution in [0.2, 0.25) is 0 Å². The summed E-state index contributed by atoms with van der Waals surface area (Å²) in [5.41, 5.74) is 2.29. The summed E-state index contributed by atoms with van der Waals surface area (Å²) in [6, 6.07) is 5.64. The Kier molecular flexibility index (Phi) is 5.85. The number of ether oxygens (including phenoxy) is 1. The van der Waals surface area contributed by atoms with E-state index in [2.05, 4.69) is 10.6 Å². The van der Waals surface area contributed by atoms with E-state index in [-0.39, 0.29) is 25.0 Å². The Morgan fingerprint density at radius 2 is 1.84 bits per heavy atom. The van der Waals surface area contributed by atoms with Gasteiger partial charge >= 0.3 is 0 Å². The molecule has 2 N–H and O–H groups in total. The van der Waals surface area contributed by atoms with E-state index < -0.39 is 0 Å². The largest absolute Gasteiger partial charge is 0.484 e. The molecule has 0 fully saturated rings. The van der Waals surface area contributed by atoms with Crippen LogP contribution in [0, 0.1) is 13.8 Å². The number of aryl methyl sites for hydroxylation is 2. The fraction of sp³-hybridized carbons (Fsp3) is 0.429. The van der Waals surface area contributed by atoms with Gasteiger partial charge in [-0.1, -0.05) is 6.07 Å². The van der Waals surface area contributed by atoms with E-state index in [4.69, 9.17) is 4.74 Å². The Morgan fingerprint density at radius 3 is 2.47 bits per heavy atom. The number of hydrogen-bond acceptors (Lipinski definition) is 3. The van der Waals surface area contributed by atoms with Crippen molar-refractivity contribution in [1.29, 1.82) is 0 Å². The van der Waals surface area contributed by atoms with E-state index in [1.165, 1.54) is 5.56 Å². The Bertz CT molecular complexity index is 458. The van der Waals surface area contributed by atoms with Crippen molar-refractivity contribution in [3.8, 4) is 5.75 Å². The molecule has 0 saturated carbocycles. The summed E-state index contributed by atoms with van der Waals surface area (Å²) in [6.07, 6.45) is 0. The second kappa shape index (κ2) is 7.41. The highest BCUT2D eigenvalue weighted by atomic mass is 16.5. The Balaban J connectivity index is 2.33. The molecule has 0 radical (unpaired) electrons. The molecule has 0 heterocycles. The second-order valence-corrected chi connectivity index (χ2v) is 4.26. The molecule has 5 heteroatoms. The first kappa shape index (κ1) is 15.0. The lowest BCUT2D eigenvalue weighted by atomic mass is 10.1. The first-order valence-corrected chi connectivity index (χ1v) is 6.26. The minimum atomic E-state index is -0.315. The molecule has 2 amide bonds. The van der Waals surface area contributed by atoms with Gasteiger partial charge in [0.1, 0.15) is 5.75 Å². The maximum atomic E-state index is 11.5. The number of hydrogen-bond donors (Lipinski definition) is 2. The van der Waals surface area contributed by atoms with Crippen LogP contribution in [-0.2, 0) is 9.59 Å². The van der Waals surface area contributed by atoms with Crippen LogP contribution >= 0.6 is 0 Å². The Morgan fingerprint density at radius 1 is 1.11 bits per heavy atom. The molecule has 0 aromatic heterocycles. The van der Waals surface area contributed by atoms with E-state index in [1.807, 2.05) is 39.0 Å². The van der Waals surface area contributed by atoms with Gasteiger partial charge in [-0.2, -0.15) is 0 Å². The van der Waals surface area contributed by atoms with Crippen LogP contribution in [0.3, 0.4) is 0 Å². The topological polar surface area (TPSA) is 67.4 Å². The molecule has 0 aliphatic rings. The molecule has 0 aliphatic heterocycles. The molecule has 0 aliphatic carbocycles. The molecule has 0 bridgehead atoms. The molecule has 0 saturated heterocycles. The van der Waals surface area contributed by atoms with Crippen molar-refractivity contribution in [3.63, 3.8) is 0 Å². The zero-order valence-corrected chi connectivity index (χ0v) is 11.6. The molecule has 5 nitrogen and oxygen atoms in total. The van der Waals surface area contributed by atoms with Gasteiger partial charge in [-0.25, -0.2) is 0 Å². The van der Waals surface area contributed by atoms with Gasteiger partial charge in [-0.15, -0.1) is 0 Å². The molecular weight excluding hydrogens is 244 g/mol. The van der Waals surface area contributed by atoms with E-state index in [1.54, 1.807) is 0 Å². The molecule has 1 aromatic rings. The molecule has 1 aromatic carbocycles. The quantitative estimate of drug-likeness (QED) is 0.803. The number of likely N-dealkylation sites (N-methyl/N-ethyl adjacent to an activating group) is 1. The van der Waals surface area contributed by atoms with Gasteiger partial charge in [0.25, 0.3) is 5.91 Å². The fourth-order valence-electron chi connectivity index (χ4n) is 1.44. The second-order valence-electron chi connectivity index (χ2n) is 4.26. The highest BCUT2D eigenvalue weighted by molar-refractivity contribution is 5.85. The molecule has 0 atom stereocenters. The third-order valence-corrected chi connectivity index (χ3v) is 2.67. The summed E-state index contributed by atoms with van der Waals surface area (Å²) in [7, 11) is 0. The van der Waals surface area contributed by atoms with Crippen molar-refractivity contribution in [1.82, 2.24) is 10.6 Å². The molecule has 0 spiro atoms.